The van der Waals surface area contributed by atoms with Crippen LogP contribution in [-0.4, -0.2) is 44.6 Å². The second kappa shape index (κ2) is 9.32. The Balaban J connectivity index is 1.68. The van der Waals surface area contributed by atoms with Gasteiger partial charge in [-0.3, -0.25) is 9.59 Å². The smallest absolute Gasteiger partial charge is 0.251 e. The van der Waals surface area contributed by atoms with Gasteiger partial charge in [0.05, 0.1) is 21.3 Å². The first-order valence-electron chi connectivity index (χ1n) is 9.49. The fraction of sp³-hybridized carbons (Fsp3) is 0.364. The maximum atomic E-state index is 12.6. The summed E-state index contributed by atoms with van der Waals surface area (Å²) in [5, 5.41) is 2.91. The number of nitrogens with one attached hydrogen (secondary N) is 1. The lowest BCUT2D eigenvalue weighted by atomic mass is 10.1. The van der Waals surface area contributed by atoms with Crippen LogP contribution < -0.4 is 19.5 Å². The summed E-state index contributed by atoms with van der Waals surface area (Å²) in [6.45, 7) is 1.62. The molecule has 0 atom stereocenters. The number of nitrogens with zero attached hydrogens (tertiary/aromatic N) is 1. The van der Waals surface area contributed by atoms with Crippen LogP contribution in [0.25, 0.3) is 0 Å². The maximum absolute atomic E-state index is 12.6. The summed E-state index contributed by atoms with van der Waals surface area (Å²) in [6, 6.07) is 11.0. The third-order valence-electron chi connectivity index (χ3n) is 4.91. The van der Waals surface area contributed by atoms with E-state index in [2.05, 4.69) is 5.32 Å². The molecule has 154 valence electrons. The molecule has 0 radical (unpaired) electrons. The van der Waals surface area contributed by atoms with Gasteiger partial charge in [0.1, 0.15) is 0 Å². The zero-order valence-corrected chi connectivity index (χ0v) is 17.0. The number of benzene rings is 2. The van der Waals surface area contributed by atoms with E-state index in [0.29, 0.717) is 42.3 Å². The van der Waals surface area contributed by atoms with Crippen molar-refractivity contribution in [1.29, 1.82) is 0 Å². The summed E-state index contributed by atoms with van der Waals surface area (Å²) in [4.78, 5) is 26.3. The highest BCUT2D eigenvalue weighted by molar-refractivity contribution is 5.94. The lowest BCUT2D eigenvalue weighted by Crippen LogP contribution is -2.25. The van der Waals surface area contributed by atoms with E-state index in [1.54, 1.807) is 39.5 Å². The van der Waals surface area contributed by atoms with Crippen LogP contribution in [0.2, 0.25) is 0 Å². The Morgan fingerprint density at radius 3 is 2.34 bits per heavy atom. The zero-order chi connectivity index (χ0) is 20.8. The molecule has 0 saturated carbocycles. The highest BCUT2D eigenvalue weighted by Gasteiger charge is 2.20. The number of methoxy groups -OCH3 is 3. The van der Waals surface area contributed by atoms with Crippen LogP contribution in [-0.2, 0) is 17.9 Å². The van der Waals surface area contributed by atoms with Crippen molar-refractivity contribution in [2.24, 2.45) is 0 Å². The molecule has 1 heterocycles. The Morgan fingerprint density at radius 1 is 1.03 bits per heavy atom. The van der Waals surface area contributed by atoms with Crippen molar-refractivity contribution in [2.75, 3.05) is 27.9 Å². The van der Waals surface area contributed by atoms with E-state index in [4.69, 9.17) is 14.2 Å². The van der Waals surface area contributed by atoms with Gasteiger partial charge in [0.15, 0.2) is 11.5 Å². The monoisotopic (exact) mass is 398 g/mol. The third-order valence-corrected chi connectivity index (χ3v) is 4.91. The van der Waals surface area contributed by atoms with E-state index in [1.165, 1.54) is 0 Å². The first kappa shape index (κ1) is 20.5. The first-order valence-corrected chi connectivity index (χ1v) is 9.49. The van der Waals surface area contributed by atoms with Gasteiger partial charge in [-0.2, -0.15) is 0 Å². The summed E-state index contributed by atoms with van der Waals surface area (Å²) in [7, 11) is 4.65. The number of amides is 2. The fourth-order valence-corrected chi connectivity index (χ4v) is 3.42. The molecule has 1 aliphatic rings. The Labute approximate surface area is 170 Å². The molecule has 7 heteroatoms. The summed E-state index contributed by atoms with van der Waals surface area (Å²) in [6.07, 6.45) is 1.50. The minimum atomic E-state index is -0.187. The number of hydrogen-bond acceptors (Lipinski definition) is 5. The van der Waals surface area contributed by atoms with E-state index in [1.807, 2.05) is 23.1 Å². The van der Waals surface area contributed by atoms with Gasteiger partial charge < -0.3 is 24.4 Å². The Morgan fingerprint density at radius 2 is 1.76 bits per heavy atom. The van der Waals surface area contributed by atoms with Gasteiger partial charge in [0.2, 0.25) is 11.7 Å². The van der Waals surface area contributed by atoms with Crippen LogP contribution in [0.5, 0.6) is 17.2 Å². The molecule has 2 aromatic rings. The van der Waals surface area contributed by atoms with Crippen LogP contribution in [0.3, 0.4) is 0 Å². The van der Waals surface area contributed by atoms with Crippen molar-refractivity contribution >= 4 is 11.8 Å². The largest absolute Gasteiger partial charge is 0.493 e. The van der Waals surface area contributed by atoms with Crippen LogP contribution in [0.15, 0.2) is 36.4 Å². The normalized spacial score (nSPS) is 13.3. The van der Waals surface area contributed by atoms with Gasteiger partial charge in [-0.05, 0) is 41.8 Å². The van der Waals surface area contributed by atoms with Gasteiger partial charge in [0, 0.05) is 31.6 Å². The number of carbonyl (C=O) groups is 2. The minimum Gasteiger partial charge on any atom is -0.493 e. The van der Waals surface area contributed by atoms with Crippen LogP contribution in [0.1, 0.15) is 34.3 Å². The number of hydrogen-bond donors (Lipinski definition) is 1. The molecule has 2 amide bonds. The molecule has 2 aromatic carbocycles. The number of ether oxygens (including phenoxy) is 3. The molecule has 3 rings (SSSR count). The van der Waals surface area contributed by atoms with Crippen molar-refractivity contribution in [3.63, 3.8) is 0 Å². The third kappa shape index (κ3) is 4.80. The van der Waals surface area contributed by atoms with Gasteiger partial charge in [-0.25, -0.2) is 0 Å². The number of likely N-dealkylation sites (tertiary alicyclic amines) is 1. The number of rotatable bonds is 8. The van der Waals surface area contributed by atoms with E-state index < -0.39 is 0 Å². The van der Waals surface area contributed by atoms with Crippen molar-refractivity contribution in [3.8, 4) is 17.2 Å². The second-order valence-electron chi connectivity index (χ2n) is 6.84. The average Bonchev–Trinajstić information content (AvgIpc) is 3.15. The average molecular weight is 398 g/mol. The molecule has 1 N–H and O–H groups in total. The molecule has 1 fully saturated rings. The lowest BCUT2D eigenvalue weighted by Gasteiger charge is -2.16. The molecule has 0 unspecified atom stereocenters. The topological polar surface area (TPSA) is 77.1 Å². The summed E-state index contributed by atoms with van der Waals surface area (Å²) < 4.78 is 16.0. The van der Waals surface area contributed by atoms with Crippen LogP contribution in [0.4, 0.5) is 0 Å². The van der Waals surface area contributed by atoms with Crippen LogP contribution >= 0.6 is 0 Å². The van der Waals surface area contributed by atoms with E-state index >= 15 is 0 Å². The number of carbonyl (C=O) groups excluding carboxylic acids is 2. The summed E-state index contributed by atoms with van der Waals surface area (Å²) in [5.41, 5.74) is 2.33. The van der Waals surface area contributed by atoms with E-state index in [0.717, 1.165) is 24.1 Å². The zero-order valence-electron chi connectivity index (χ0n) is 17.0. The lowest BCUT2D eigenvalue weighted by molar-refractivity contribution is -0.128. The SMILES string of the molecule is COc1cc(CNC(=O)c2cccc(CN3CCCC3=O)c2)cc(OC)c1OC. The second-order valence-corrected chi connectivity index (χ2v) is 6.84. The Bertz CT molecular complexity index is 872. The molecule has 0 aromatic heterocycles. The highest BCUT2D eigenvalue weighted by Crippen LogP contribution is 2.38. The molecule has 1 saturated heterocycles. The van der Waals surface area contributed by atoms with Gasteiger partial charge in [0.25, 0.3) is 5.91 Å². The molecule has 1 aliphatic heterocycles. The molecule has 0 bridgehead atoms. The summed E-state index contributed by atoms with van der Waals surface area (Å²) in [5.74, 6) is 1.56. The standard InChI is InChI=1S/C22H26N2O5/c1-27-18-11-16(12-19(28-2)21(18)29-3)13-23-22(26)17-7-4-6-15(10-17)14-24-9-5-8-20(24)25/h4,6-7,10-12H,5,8-9,13-14H2,1-3H3,(H,23,26). The fourth-order valence-electron chi connectivity index (χ4n) is 3.42. The first-order chi connectivity index (χ1) is 14.0. The predicted molar refractivity (Wildman–Crippen MR) is 108 cm³/mol. The molecule has 7 nitrogen and oxygen atoms in total. The Kier molecular flexibility index (Phi) is 6.59. The summed E-state index contributed by atoms with van der Waals surface area (Å²) >= 11 is 0. The molecular weight excluding hydrogens is 372 g/mol. The van der Waals surface area contributed by atoms with Crippen molar-refractivity contribution in [1.82, 2.24) is 10.2 Å². The molecule has 0 spiro atoms. The maximum Gasteiger partial charge on any atom is 0.251 e. The molecule has 29 heavy (non-hydrogen) atoms. The van der Waals surface area contributed by atoms with E-state index in [9.17, 15) is 9.59 Å². The van der Waals surface area contributed by atoms with Gasteiger partial charge >= 0.3 is 0 Å². The highest BCUT2D eigenvalue weighted by atomic mass is 16.5. The van der Waals surface area contributed by atoms with Crippen LogP contribution in [0, 0.1) is 0 Å². The predicted octanol–water partition coefficient (Wildman–Crippen LogP) is 2.76. The van der Waals surface area contributed by atoms with Crippen molar-refractivity contribution < 1.29 is 23.8 Å². The van der Waals surface area contributed by atoms with Crippen molar-refractivity contribution in [3.05, 3.63) is 53.1 Å². The Hall–Kier alpha value is -3.22. The van der Waals surface area contributed by atoms with Gasteiger partial charge in [-0.15, -0.1) is 0 Å². The van der Waals surface area contributed by atoms with Crippen molar-refractivity contribution in [2.45, 2.75) is 25.9 Å². The minimum absolute atomic E-state index is 0.169. The molecular formula is C22H26N2O5. The van der Waals surface area contributed by atoms with E-state index in [-0.39, 0.29) is 11.8 Å². The van der Waals surface area contributed by atoms with Gasteiger partial charge in [-0.1, -0.05) is 12.1 Å². The quantitative estimate of drug-likeness (QED) is 0.740. The molecule has 0 aliphatic carbocycles.